The third-order valence-electron chi connectivity index (χ3n) is 3.00. The molecule has 0 unspecified atom stereocenters. The lowest BCUT2D eigenvalue weighted by Crippen LogP contribution is -2.38. The van der Waals surface area contributed by atoms with E-state index in [0.717, 1.165) is 6.26 Å². The van der Waals surface area contributed by atoms with Gasteiger partial charge < -0.3 is 15.4 Å². The molecule has 11 heteroatoms. The number of hydrogen-bond acceptors (Lipinski definition) is 4. The molecule has 0 atom stereocenters. The smallest absolute Gasteiger partial charge is 0.387 e. The van der Waals surface area contributed by atoms with Crippen LogP contribution in [0.5, 0.6) is 5.75 Å². The second-order valence-electron chi connectivity index (χ2n) is 5.27. The lowest BCUT2D eigenvalue weighted by molar-refractivity contribution is -0.0504. The van der Waals surface area contributed by atoms with E-state index in [1.807, 2.05) is 6.92 Å². The molecule has 0 spiro atoms. The van der Waals surface area contributed by atoms with E-state index >= 15 is 0 Å². The number of guanidine groups is 1. The van der Waals surface area contributed by atoms with Crippen LogP contribution in [-0.2, 0) is 16.6 Å². The van der Waals surface area contributed by atoms with E-state index in [2.05, 4.69) is 25.1 Å². The normalized spacial score (nSPS) is 12.3. The lowest BCUT2D eigenvalue weighted by Gasteiger charge is -2.13. The molecule has 0 saturated heterocycles. The molecule has 0 aliphatic heterocycles. The Balaban J connectivity index is 2.67. The maximum Gasteiger partial charge on any atom is 0.387 e. The van der Waals surface area contributed by atoms with Crippen molar-refractivity contribution < 1.29 is 21.9 Å². The topological polar surface area (TPSA) is 91.8 Å². The van der Waals surface area contributed by atoms with Crippen LogP contribution in [0.15, 0.2) is 23.2 Å². The molecular formula is C15H23ClF2N4O3S. The predicted octanol–water partition coefficient (Wildman–Crippen LogP) is 1.94. The van der Waals surface area contributed by atoms with Crippen molar-refractivity contribution in [1.29, 1.82) is 0 Å². The zero-order valence-electron chi connectivity index (χ0n) is 14.6. The summed E-state index contributed by atoms with van der Waals surface area (Å²) >= 11 is 5.91. The van der Waals surface area contributed by atoms with Gasteiger partial charge in [-0.05, 0) is 31.5 Å². The molecule has 0 aromatic heterocycles. The van der Waals surface area contributed by atoms with Crippen molar-refractivity contribution in [2.75, 3.05) is 25.9 Å². The summed E-state index contributed by atoms with van der Waals surface area (Å²) in [6.45, 7) is 0.402. The highest BCUT2D eigenvalue weighted by Gasteiger charge is 2.10. The van der Waals surface area contributed by atoms with Gasteiger partial charge in [-0.2, -0.15) is 8.78 Å². The first-order valence-electron chi connectivity index (χ1n) is 7.91. The number of benzene rings is 1. The van der Waals surface area contributed by atoms with Gasteiger partial charge >= 0.3 is 6.61 Å². The van der Waals surface area contributed by atoms with Crippen molar-refractivity contribution in [3.63, 3.8) is 0 Å². The van der Waals surface area contributed by atoms with Gasteiger partial charge in [0.2, 0.25) is 10.0 Å². The van der Waals surface area contributed by atoms with Gasteiger partial charge in [0.15, 0.2) is 5.96 Å². The summed E-state index contributed by atoms with van der Waals surface area (Å²) in [4.78, 5) is 4.31. The molecule has 7 nitrogen and oxygen atoms in total. The average Bonchev–Trinajstić information content (AvgIpc) is 2.53. The van der Waals surface area contributed by atoms with Crippen LogP contribution in [0.4, 0.5) is 8.78 Å². The summed E-state index contributed by atoms with van der Waals surface area (Å²) in [7, 11) is -3.21. The first-order valence-corrected chi connectivity index (χ1v) is 10.2. The number of nitrogens with one attached hydrogen (secondary N) is 3. The molecule has 0 radical (unpaired) electrons. The Labute approximate surface area is 157 Å². The Morgan fingerprint density at radius 3 is 2.65 bits per heavy atom. The third kappa shape index (κ3) is 9.73. The Bertz CT molecular complexity index is 702. The molecule has 0 saturated carbocycles. The molecular weight excluding hydrogens is 390 g/mol. The Morgan fingerprint density at radius 1 is 1.31 bits per heavy atom. The van der Waals surface area contributed by atoms with Gasteiger partial charge in [0.05, 0.1) is 12.8 Å². The number of aliphatic imine (C=N–C) groups is 1. The van der Waals surface area contributed by atoms with Crippen LogP contribution in [0.25, 0.3) is 0 Å². The summed E-state index contributed by atoms with van der Waals surface area (Å²) in [5.41, 5.74) is 0.425. The van der Waals surface area contributed by atoms with Crippen LogP contribution in [-0.4, -0.2) is 46.9 Å². The number of sulfonamides is 1. The number of ether oxygens (including phenoxy) is 1. The highest BCUT2D eigenvalue weighted by Crippen LogP contribution is 2.25. The third-order valence-corrected chi connectivity index (χ3v) is 3.96. The minimum Gasteiger partial charge on any atom is -0.434 e. The average molecular weight is 413 g/mol. The van der Waals surface area contributed by atoms with Gasteiger partial charge in [0.1, 0.15) is 5.75 Å². The van der Waals surface area contributed by atoms with Crippen molar-refractivity contribution >= 4 is 27.6 Å². The monoisotopic (exact) mass is 412 g/mol. The fraction of sp³-hybridized carbons (Fsp3) is 0.533. The maximum atomic E-state index is 12.5. The molecule has 1 rings (SSSR count). The SMILES string of the molecule is CCNC(=NCc1cc(Cl)ccc1OC(F)F)NCCCNS(C)(=O)=O. The summed E-state index contributed by atoms with van der Waals surface area (Å²) in [5.74, 6) is 0.483. The number of hydrogen-bond donors (Lipinski definition) is 3. The summed E-state index contributed by atoms with van der Waals surface area (Å²) in [6, 6.07) is 4.35. The quantitative estimate of drug-likeness (QED) is 0.310. The largest absolute Gasteiger partial charge is 0.434 e. The standard InChI is InChI=1S/C15H23ClF2N4O3S/c1-3-19-15(20-7-4-8-22-26(2,23)24)21-10-11-9-12(16)5-6-13(11)25-14(17)18/h5-6,9,14,22H,3-4,7-8,10H2,1-2H3,(H2,19,20,21). The molecule has 0 fully saturated rings. The van der Waals surface area contributed by atoms with E-state index in [1.165, 1.54) is 18.2 Å². The molecule has 0 heterocycles. The molecule has 1 aromatic rings. The molecule has 0 amide bonds. The van der Waals surface area contributed by atoms with E-state index in [1.54, 1.807) is 0 Å². The van der Waals surface area contributed by atoms with Crippen molar-refractivity contribution in [3.05, 3.63) is 28.8 Å². The molecule has 3 N–H and O–H groups in total. The molecule has 0 aliphatic carbocycles. The number of alkyl halides is 2. The van der Waals surface area contributed by atoms with E-state index < -0.39 is 16.6 Å². The van der Waals surface area contributed by atoms with Crippen LogP contribution in [0.1, 0.15) is 18.9 Å². The van der Waals surface area contributed by atoms with Gasteiger partial charge in [-0.3, -0.25) is 0 Å². The fourth-order valence-electron chi connectivity index (χ4n) is 1.94. The fourth-order valence-corrected chi connectivity index (χ4v) is 2.65. The Morgan fingerprint density at radius 2 is 2.04 bits per heavy atom. The second-order valence-corrected chi connectivity index (χ2v) is 7.54. The second kappa shape index (κ2) is 11.1. The van der Waals surface area contributed by atoms with Crippen LogP contribution >= 0.6 is 11.6 Å². The van der Waals surface area contributed by atoms with Crippen LogP contribution in [0.3, 0.4) is 0 Å². The van der Waals surface area contributed by atoms with Crippen molar-refractivity contribution in [3.8, 4) is 5.75 Å². The van der Waals surface area contributed by atoms with Gasteiger partial charge in [0.25, 0.3) is 0 Å². The van der Waals surface area contributed by atoms with Crippen molar-refractivity contribution in [2.24, 2.45) is 4.99 Å². The molecule has 0 aliphatic rings. The van der Waals surface area contributed by atoms with Crippen molar-refractivity contribution in [2.45, 2.75) is 26.5 Å². The molecule has 1 aromatic carbocycles. The van der Waals surface area contributed by atoms with E-state index in [0.29, 0.717) is 42.6 Å². The number of halogens is 3. The van der Waals surface area contributed by atoms with E-state index in [-0.39, 0.29) is 12.3 Å². The zero-order valence-corrected chi connectivity index (χ0v) is 16.1. The van der Waals surface area contributed by atoms with Gasteiger partial charge in [-0.25, -0.2) is 18.1 Å². The Hall–Kier alpha value is -1.65. The van der Waals surface area contributed by atoms with Crippen LogP contribution in [0, 0.1) is 0 Å². The lowest BCUT2D eigenvalue weighted by atomic mass is 10.2. The minimum atomic E-state index is -3.21. The van der Waals surface area contributed by atoms with Gasteiger partial charge in [-0.15, -0.1) is 0 Å². The Kier molecular flexibility index (Phi) is 9.60. The van der Waals surface area contributed by atoms with Gasteiger partial charge in [0, 0.05) is 30.2 Å². The zero-order chi connectivity index (χ0) is 19.6. The summed E-state index contributed by atoms with van der Waals surface area (Å²) in [6.07, 6.45) is 1.64. The highest BCUT2D eigenvalue weighted by molar-refractivity contribution is 7.88. The molecule has 0 bridgehead atoms. The number of nitrogens with zero attached hydrogens (tertiary/aromatic N) is 1. The highest BCUT2D eigenvalue weighted by atomic mass is 35.5. The molecule has 26 heavy (non-hydrogen) atoms. The maximum absolute atomic E-state index is 12.5. The first kappa shape index (κ1) is 22.4. The van der Waals surface area contributed by atoms with Crippen LogP contribution < -0.4 is 20.1 Å². The first-order chi connectivity index (χ1) is 12.2. The van der Waals surface area contributed by atoms with Crippen molar-refractivity contribution in [1.82, 2.24) is 15.4 Å². The summed E-state index contributed by atoms with van der Waals surface area (Å²) < 4.78 is 53.8. The van der Waals surface area contributed by atoms with Crippen LogP contribution in [0.2, 0.25) is 5.02 Å². The van der Waals surface area contributed by atoms with E-state index in [4.69, 9.17) is 11.6 Å². The van der Waals surface area contributed by atoms with E-state index in [9.17, 15) is 17.2 Å². The summed E-state index contributed by atoms with van der Waals surface area (Å²) in [5, 5.41) is 6.44. The number of rotatable bonds is 10. The molecule has 148 valence electrons. The van der Waals surface area contributed by atoms with Gasteiger partial charge in [-0.1, -0.05) is 11.6 Å². The minimum absolute atomic E-state index is 0.0151. The predicted molar refractivity (Wildman–Crippen MR) is 98.4 cm³/mol.